The fourth-order valence-electron chi connectivity index (χ4n) is 0.744. The summed E-state index contributed by atoms with van der Waals surface area (Å²) in [6.07, 6.45) is 0. The molecule has 0 aromatic heterocycles. The molecule has 0 aliphatic carbocycles. The maximum absolute atomic E-state index is 12.8. The number of halogens is 6. The Kier molecular flexibility index (Phi) is 3.77. The highest BCUT2D eigenvalue weighted by molar-refractivity contribution is 9.11. The third kappa shape index (κ3) is 2.38. The first-order chi connectivity index (χ1) is 6.43. The predicted molar refractivity (Wildman–Crippen MR) is 48.4 cm³/mol. The molecule has 1 rings (SSSR count). The summed E-state index contributed by atoms with van der Waals surface area (Å²) < 4.78 is 52.6. The van der Waals surface area contributed by atoms with Crippen LogP contribution in [0.2, 0.25) is 0 Å². The van der Waals surface area contributed by atoms with Gasteiger partial charge in [0, 0.05) is 6.07 Å². The van der Waals surface area contributed by atoms with E-state index in [1.54, 1.807) is 0 Å². The zero-order valence-electron chi connectivity index (χ0n) is 6.33. The minimum atomic E-state index is -3.15. The zero-order chi connectivity index (χ0) is 10.9. The van der Waals surface area contributed by atoms with Crippen molar-refractivity contribution in [2.24, 2.45) is 0 Å². The maximum Gasteiger partial charge on any atom is 0.387 e. The second kappa shape index (κ2) is 4.48. The average molecular weight is 338 g/mol. The lowest BCUT2D eigenvalue weighted by molar-refractivity contribution is -0.0512. The van der Waals surface area contributed by atoms with Gasteiger partial charge in [-0.25, -0.2) is 8.78 Å². The summed E-state index contributed by atoms with van der Waals surface area (Å²) in [6, 6.07) is 0.548. The van der Waals surface area contributed by atoms with E-state index in [4.69, 9.17) is 0 Å². The highest BCUT2D eigenvalue weighted by Crippen LogP contribution is 2.38. The zero-order valence-corrected chi connectivity index (χ0v) is 9.50. The van der Waals surface area contributed by atoms with Crippen molar-refractivity contribution in [3.8, 4) is 5.75 Å². The molecule has 0 aliphatic heterocycles. The summed E-state index contributed by atoms with van der Waals surface area (Å²) in [7, 11) is 0. The molecule has 0 N–H and O–H groups in total. The van der Waals surface area contributed by atoms with E-state index >= 15 is 0 Å². The SMILES string of the molecule is Fc1cc(F)c(Br)c(OC(F)F)c1Br. The van der Waals surface area contributed by atoms with Gasteiger partial charge in [0.05, 0.1) is 8.95 Å². The van der Waals surface area contributed by atoms with E-state index in [0.29, 0.717) is 6.07 Å². The van der Waals surface area contributed by atoms with Gasteiger partial charge >= 0.3 is 6.61 Å². The molecule has 1 aromatic rings. The smallest absolute Gasteiger partial charge is 0.387 e. The third-order valence-corrected chi connectivity index (χ3v) is 2.76. The third-order valence-electron chi connectivity index (χ3n) is 1.28. The van der Waals surface area contributed by atoms with Gasteiger partial charge in [-0.2, -0.15) is 8.78 Å². The van der Waals surface area contributed by atoms with Gasteiger partial charge in [0.15, 0.2) is 5.75 Å². The highest BCUT2D eigenvalue weighted by Gasteiger charge is 2.19. The molecule has 0 saturated heterocycles. The maximum atomic E-state index is 12.8. The van der Waals surface area contributed by atoms with Crippen LogP contribution in [0.1, 0.15) is 0 Å². The van der Waals surface area contributed by atoms with Crippen molar-refractivity contribution in [3.63, 3.8) is 0 Å². The van der Waals surface area contributed by atoms with Crippen LogP contribution in [0.25, 0.3) is 0 Å². The molecular formula is C7H2Br2F4O. The second-order valence-electron chi connectivity index (χ2n) is 2.18. The van der Waals surface area contributed by atoms with Crippen molar-refractivity contribution >= 4 is 31.9 Å². The Morgan fingerprint density at radius 3 is 1.86 bits per heavy atom. The number of ether oxygens (including phenoxy) is 1. The minimum Gasteiger partial charge on any atom is -0.432 e. The van der Waals surface area contributed by atoms with Crippen molar-refractivity contribution in [2.45, 2.75) is 6.61 Å². The Hall–Kier alpha value is -0.300. The monoisotopic (exact) mass is 336 g/mol. The van der Waals surface area contributed by atoms with Gasteiger partial charge in [-0.1, -0.05) is 0 Å². The summed E-state index contributed by atoms with van der Waals surface area (Å²) >= 11 is 5.33. The predicted octanol–water partition coefficient (Wildman–Crippen LogP) is 4.09. The molecule has 0 heterocycles. The Bertz CT molecular complexity index is 330. The fourth-order valence-corrected chi connectivity index (χ4v) is 1.82. The van der Waals surface area contributed by atoms with Crippen molar-refractivity contribution in [2.75, 3.05) is 0 Å². The molecule has 0 radical (unpaired) electrons. The van der Waals surface area contributed by atoms with E-state index in [0.717, 1.165) is 0 Å². The van der Waals surface area contributed by atoms with Crippen LogP contribution in [-0.2, 0) is 0 Å². The summed E-state index contributed by atoms with van der Waals surface area (Å²) in [4.78, 5) is 0. The molecule has 0 atom stereocenters. The fraction of sp³-hybridized carbons (Fsp3) is 0.143. The lowest BCUT2D eigenvalue weighted by Gasteiger charge is -2.09. The van der Waals surface area contributed by atoms with Crippen LogP contribution in [0, 0.1) is 11.6 Å². The normalized spacial score (nSPS) is 10.8. The van der Waals surface area contributed by atoms with Crippen molar-refractivity contribution in [1.82, 2.24) is 0 Å². The molecular weight excluding hydrogens is 336 g/mol. The largest absolute Gasteiger partial charge is 0.432 e. The first kappa shape index (κ1) is 11.8. The number of hydrogen-bond acceptors (Lipinski definition) is 1. The Morgan fingerprint density at radius 1 is 1.07 bits per heavy atom. The molecule has 0 fully saturated rings. The van der Waals surface area contributed by atoms with E-state index < -0.39 is 24.0 Å². The molecule has 1 nitrogen and oxygen atoms in total. The van der Waals surface area contributed by atoms with Gasteiger partial charge in [0.1, 0.15) is 11.6 Å². The van der Waals surface area contributed by atoms with E-state index in [9.17, 15) is 17.6 Å². The Morgan fingerprint density at radius 2 is 1.50 bits per heavy atom. The number of benzene rings is 1. The van der Waals surface area contributed by atoms with E-state index in [-0.39, 0.29) is 8.95 Å². The number of rotatable bonds is 2. The lowest BCUT2D eigenvalue weighted by atomic mass is 10.3. The molecule has 0 amide bonds. The molecule has 0 spiro atoms. The second-order valence-corrected chi connectivity index (χ2v) is 3.76. The van der Waals surface area contributed by atoms with Crippen molar-refractivity contribution in [1.29, 1.82) is 0 Å². The van der Waals surface area contributed by atoms with Gasteiger partial charge in [-0.05, 0) is 31.9 Å². The first-order valence-electron chi connectivity index (χ1n) is 3.21. The molecule has 0 unspecified atom stereocenters. The average Bonchev–Trinajstić information content (AvgIpc) is 2.09. The summed E-state index contributed by atoms with van der Waals surface area (Å²) in [5.41, 5.74) is 0. The summed E-state index contributed by atoms with van der Waals surface area (Å²) in [5.74, 6) is -2.62. The van der Waals surface area contributed by atoms with E-state index in [1.165, 1.54) is 0 Å². The molecule has 0 aliphatic rings. The molecule has 0 saturated carbocycles. The topological polar surface area (TPSA) is 9.23 Å². The van der Waals surface area contributed by atoms with Crippen LogP contribution in [0.15, 0.2) is 15.0 Å². The molecule has 0 bridgehead atoms. The van der Waals surface area contributed by atoms with Crippen LogP contribution in [0.4, 0.5) is 17.6 Å². The minimum absolute atomic E-state index is 0.355. The number of alkyl halides is 2. The van der Waals surface area contributed by atoms with Gasteiger partial charge in [-0.3, -0.25) is 0 Å². The number of hydrogen-bond donors (Lipinski definition) is 0. The van der Waals surface area contributed by atoms with Crippen LogP contribution in [-0.4, -0.2) is 6.61 Å². The molecule has 7 heteroatoms. The lowest BCUT2D eigenvalue weighted by Crippen LogP contribution is -2.04. The molecule has 1 aromatic carbocycles. The Labute approximate surface area is 93.3 Å². The summed E-state index contributed by atoms with van der Waals surface area (Å²) in [5, 5.41) is 0. The van der Waals surface area contributed by atoms with Crippen molar-refractivity contribution < 1.29 is 22.3 Å². The van der Waals surface area contributed by atoms with Crippen LogP contribution < -0.4 is 4.74 Å². The first-order valence-corrected chi connectivity index (χ1v) is 4.80. The van der Waals surface area contributed by atoms with E-state index in [2.05, 4.69) is 36.6 Å². The molecule has 78 valence electrons. The van der Waals surface area contributed by atoms with Crippen LogP contribution in [0.3, 0.4) is 0 Å². The van der Waals surface area contributed by atoms with Crippen molar-refractivity contribution in [3.05, 3.63) is 26.6 Å². The van der Waals surface area contributed by atoms with Crippen LogP contribution in [0.5, 0.6) is 5.75 Å². The Balaban J connectivity index is 3.25. The molecule has 14 heavy (non-hydrogen) atoms. The standard InChI is InChI=1S/C7H2Br2F4O/c8-4-2(10)1-3(11)5(9)6(4)14-7(12)13/h1,7H. The van der Waals surface area contributed by atoms with Gasteiger partial charge < -0.3 is 4.74 Å². The van der Waals surface area contributed by atoms with E-state index in [1.807, 2.05) is 0 Å². The van der Waals surface area contributed by atoms with Gasteiger partial charge in [0.25, 0.3) is 0 Å². The summed E-state index contributed by atoms with van der Waals surface area (Å²) in [6.45, 7) is -3.15. The van der Waals surface area contributed by atoms with Crippen LogP contribution >= 0.6 is 31.9 Å². The van der Waals surface area contributed by atoms with Gasteiger partial charge in [-0.15, -0.1) is 0 Å². The quantitative estimate of drug-likeness (QED) is 0.583. The van der Waals surface area contributed by atoms with Gasteiger partial charge in [0.2, 0.25) is 0 Å². The highest BCUT2D eigenvalue weighted by atomic mass is 79.9.